The molecule has 0 bridgehead atoms. The van der Waals surface area contributed by atoms with Gasteiger partial charge >= 0.3 is 6.09 Å². The van der Waals surface area contributed by atoms with E-state index in [1.54, 1.807) is 6.92 Å². The van der Waals surface area contributed by atoms with Crippen LogP contribution in [0.1, 0.15) is 5.82 Å². The van der Waals surface area contributed by atoms with E-state index in [1.165, 1.54) is 17.9 Å². The van der Waals surface area contributed by atoms with E-state index in [9.17, 15) is 4.79 Å². The van der Waals surface area contributed by atoms with Crippen molar-refractivity contribution in [2.75, 3.05) is 12.8 Å². The van der Waals surface area contributed by atoms with E-state index in [2.05, 4.69) is 9.72 Å². The summed E-state index contributed by atoms with van der Waals surface area (Å²) < 4.78 is 5.70. The standard InChI is InChI=1S/C6H9N3O2/c1-4-8-5(7)3-9(4)6(10)11-2/h3H,7H2,1-2H3. The highest BCUT2D eigenvalue weighted by atomic mass is 16.5. The molecule has 0 saturated heterocycles. The first kappa shape index (κ1) is 7.59. The van der Waals surface area contributed by atoms with Crippen LogP contribution in [0, 0.1) is 6.92 Å². The van der Waals surface area contributed by atoms with E-state index in [1.807, 2.05) is 0 Å². The molecular formula is C6H9N3O2. The Kier molecular flexibility index (Phi) is 1.80. The zero-order valence-corrected chi connectivity index (χ0v) is 6.37. The minimum atomic E-state index is -0.480. The van der Waals surface area contributed by atoms with Gasteiger partial charge in [-0.25, -0.2) is 14.3 Å². The molecule has 0 aliphatic rings. The van der Waals surface area contributed by atoms with Gasteiger partial charge in [0.05, 0.1) is 13.3 Å². The maximum atomic E-state index is 10.9. The number of nitrogen functional groups attached to an aromatic ring is 1. The van der Waals surface area contributed by atoms with E-state index in [4.69, 9.17) is 5.73 Å². The number of carbonyl (C=O) groups excluding carboxylic acids is 1. The molecule has 0 aliphatic heterocycles. The van der Waals surface area contributed by atoms with Crippen molar-refractivity contribution in [2.45, 2.75) is 6.92 Å². The quantitative estimate of drug-likeness (QED) is 0.588. The van der Waals surface area contributed by atoms with Crippen LogP contribution >= 0.6 is 0 Å². The smallest absolute Gasteiger partial charge is 0.419 e. The number of nitrogens with zero attached hydrogens (tertiary/aromatic N) is 2. The normalized spacial score (nSPS) is 9.64. The van der Waals surface area contributed by atoms with Gasteiger partial charge in [-0.1, -0.05) is 0 Å². The van der Waals surface area contributed by atoms with Crippen LogP contribution in [0.15, 0.2) is 6.20 Å². The van der Waals surface area contributed by atoms with Gasteiger partial charge < -0.3 is 10.5 Å². The summed E-state index contributed by atoms with van der Waals surface area (Å²) in [7, 11) is 1.30. The molecule has 0 aromatic carbocycles. The van der Waals surface area contributed by atoms with Gasteiger partial charge in [-0.15, -0.1) is 0 Å². The molecule has 0 fully saturated rings. The van der Waals surface area contributed by atoms with Crippen LogP contribution < -0.4 is 5.73 Å². The molecule has 0 saturated carbocycles. The van der Waals surface area contributed by atoms with Crippen LogP contribution in [0.25, 0.3) is 0 Å². The Hall–Kier alpha value is -1.52. The predicted octanol–water partition coefficient (Wildman–Crippen LogP) is 0.388. The van der Waals surface area contributed by atoms with Gasteiger partial charge in [0.2, 0.25) is 0 Å². The Balaban J connectivity index is 3.03. The minimum Gasteiger partial charge on any atom is -0.452 e. The van der Waals surface area contributed by atoms with Crippen molar-refractivity contribution in [1.29, 1.82) is 0 Å². The average Bonchev–Trinajstić information content (AvgIpc) is 2.28. The van der Waals surface area contributed by atoms with Crippen molar-refractivity contribution in [1.82, 2.24) is 9.55 Å². The predicted molar refractivity (Wildman–Crippen MR) is 39.2 cm³/mol. The number of carbonyl (C=O) groups is 1. The number of aryl methyl sites for hydroxylation is 1. The van der Waals surface area contributed by atoms with Crippen molar-refractivity contribution in [3.63, 3.8) is 0 Å². The van der Waals surface area contributed by atoms with Crippen LogP contribution in [0.3, 0.4) is 0 Å². The fourth-order valence-corrected chi connectivity index (χ4v) is 0.778. The second-order valence-electron chi connectivity index (χ2n) is 2.05. The second kappa shape index (κ2) is 2.61. The van der Waals surface area contributed by atoms with Crippen LogP contribution in [0.4, 0.5) is 10.6 Å². The summed E-state index contributed by atoms with van der Waals surface area (Å²) in [4.78, 5) is 14.7. The van der Waals surface area contributed by atoms with E-state index >= 15 is 0 Å². The largest absolute Gasteiger partial charge is 0.452 e. The highest BCUT2D eigenvalue weighted by molar-refractivity contribution is 5.71. The number of anilines is 1. The third-order valence-corrected chi connectivity index (χ3v) is 1.27. The Morgan fingerprint density at radius 3 is 2.82 bits per heavy atom. The first-order valence-electron chi connectivity index (χ1n) is 3.05. The number of hydrogen-bond acceptors (Lipinski definition) is 4. The zero-order chi connectivity index (χ0) is 8.43. The lowest BCUT2D eigenvalue weighted by Crippen LogP contribution is -2.11. The third kappa shape index (κ3) is 1.31. The molecule has 1 heterocycles. The summed E-state index contributed by atoms with van der Waals surface area (Å²) in [5.41, 5.74) is 5.33. The second-order valence-corrected chi connectivity index (χ2v) is 2.05. The number of aromatic nitrogens is 2. The van der Waals surface area contributed by atoms with Crippen molar-refractivity contribution in [2.24, 2.45) is 0 Å². The highest BCUT2D eigenvalue weighted by Crippen LogP contribution is 2.03. The minimum absolute atomic E-state index is 0.313. The molecule has 11 heavy (non-hydrogen) atoms. The number of ether oxygens (including phenoxy) is 1. The molecule has 2 N–H and O–H groups in total. The van der Waals surface area contributed by atoms with Crippen molar-refractivity contribution < 1.29 is 9.53 Å². The molecule has 60 valence electrons. The van der Waals surface area contributed by atoms with Crippen molar-refractivity contribution in [3.05, 3.63) is 12.0 Å². The maximum absolute atomic E-state index is 10.9. The summed E-state index contributed by atoms with van der Waals surface area (Å²) in [6.07, 6.45) is 0.938. The third-order valence-electron chi connectivity index (χ3n) is 1.27. The Morgan fingerprint density at radius 2 is 2.45 bits per heavy atom. The van der Waals surface area contributed by atoms with E-state index in [-0.39, 0.29) is 0 Å². The van der Waals surface area contributed by atoms with Gasteiger partial charge in [-0.2, -0.15) is 0 Å². The van der Waals surface area contributed by atoms with Crippen LogP contribution in [-0.2, 0) is 4.74 Å². The molecule has 0 atom stereocenters. The zero-order valence-electron chi connectivity index (χ0n) is 6.37. The molecule has 1 aromatic heterocycles. The average molecular weight is 155 g/mol. The molecule has 5 nitrogen and oxygen atoms in total. The lowest BCUT2D eigenvalue weighted by Gasteiger charge is -1.98. The summed E-state index contributed by atoms with van der Waals surface area (Å²) in [6, 6.07) is 0. The molecule has 0 amide bonds. The lowest BCUT2D eigenvalue weighted by atomic mass is 10.7. The van der Waals surface area contributed by atoms with E-state index in [0.717, 1.165) is 0 Å². The SMILES string of the molecule is COC(=O)n1cc(N)nc1C. The Morgan fingerprint density at radius 1 is 1.82 bits per heavy atom. The maximum Gasteiger partial charge on any atom is 0.419 e. The topological polar surface area (TPSA) is 70.1 Å². The van der Waals surface area contributed by atoms with Gasteiger partial charge in [0.15, 0.2) is 0 Å². The van der Waals surface area contributed by atoms with Gasteiger partial charge in [-0.3, -0.25) is 0 Å². The summed E-state index contributed by atoms with van der Waals surface area (Å²) in [5, 5.41) is 0. The number of hydrogen-bond donors (Lipinski definition) is 1. The molecule has 1 rings (SSSR count). The first-order valence-corrected chi connectivity index (χ1v) is 3.05. The van der Waals surface area contributed by atoms with Crippen molar-refractivity contribution in [3.8, 4) is 0 Å². The number of rotatable bonds is 0. The fraction of sp³-hybridized carbons (Fsp3) is 0.333. The lowest BCUT2D eigenvalue weighted by molar-refractivity contribution is 0.172. The molecule has 5 heteroatoms. The van der Waals surface area contributed by atoms with Gasteiger partial charge in [0.1, 0.15) is 11.6 Å². The molecule has 0 radical (unpaired) electrons. The van der Waals surface area contributed by atoms with Crippen LogP contribution in [0.5, 0.6) is 0 Å². The van der Waals surface area contributed by atoms with E-state index in [0.29, 0.717) is 11.6 Å². The molecule has 0 spiro atoms. The van der Waals surface area contributed by atoms with Crippen LogP contribution in [-0.4, -0.2) is 22.8 Å². The Labute approximate surface area is 63.8 Å². The fourth-order valence-electron chi connectivity index (χ4n) is 0.778. The van der Waals surface area contributed by atoms with Gasteiger partial charge in [-0.05, 0) is 6.92 Å². The highest BCUT2D eigenvalue weighted by Gasteiger charge is 2.08. The summed E-state index contributed by atoms with van der Waals surface area (Å²) in [6.45, 7) is 1.67. The van der Waals surface area contributed by atoms with Crippen molar-refractivity contribution >= 4 is 11.9 Å². The van der Waals surface area contributed by atoms with Crippen LogP contribution in [0.2, 0.25) is 0 Å². The van der Waals surface area contributed by atoms with E-state index < -0.39 is 6.09 Å². The molecule has 1 aromatic rings. The van der Waals surface area contributed by atoms with Gasteiger partial charge in [0, 0.05) is 0 Å². The summed E-state index contributed by atoms with van der Waals surface area (Å²) in [5.74, 6) is 0.835. The van der Waals surface area contributed by atoms with Gasteiger partial charge in [0.25, 0.3) is 0 Å². The number of imidazole rings is 1. The molecule has 0 aliphatic carbocycles. The molecular weight excluding hydrogens is 146 g/mol. The monoisotopic (exact) mass is 155 g/mol. The number of methoxy groups -OCH3 is 1. The first-order chi connectivity index (χ1) is 5.15. The Bertz CT molecular complexity index is 279. The number of nitrogens with two attached hydrogens (primary N) is 1. The summed E-state index contributed by atoms with van der Waals surface area (Å²) >= 11 is 0. The molecule has 0 unspecified atom stereocenters.